The van der Waals surface area contributed by atoms with Gasteiger partial charge in [-0.05, 0) is 61.8 Å². The van der Waals surface area contributed by atoms with Gasteiger partial charge < -0.3 is 5.32 Å². The lowest BCUT2D eigenvalue weighted by atomic mass is 9.71. The van der Waals surface area contributed by atoms with Crippen LogP contribution in [-0.2, 0) is 6.42 Å². The van der Waals surface area contributed by atoms with Crippen LogP contribution in [0.15, 0.2) is 18.2 Å². The van der Waals surface area contributed by atoms with E-state index in [2.05, 4.69) is 26.2 Å². The summed E-state index contributed by atoms with van der Waals surface area (Å²) in [6, 6.07) is 6.25. The van der Waals surface area contributed by atoms with Gasteiger partial charge in [0.2, 0.25) is 0 Å². The molecule has 1 aromatic carbocycles. The summed E-state index contributed by atoms with van der Waals surface area (Å²) in [4.78, 5) is 0. The molecule has 1 N–H and O–H groups in total. The summed E-state index contributed by atoms with van der Waals surface area (Å²) in [6.07, 6.45) is 7.53. The zero-order valence-electron chi connectivity index (χ0n) is 13.4. The molecule has 0 saturated heterocycles. The van der Waals surface area contributed by atoms with E-state index < -0.39 is 0 Å². The molecule has 2 rings (SSSR count). The predicted octanol–water partition coefficient (Wildman–Crippen LogP) is 5.73. The summed E-state index contributed by atoms with van der Waals surface area (Å²) in [5, 5.41) is 5.16. The van der Waals surface area contributed by atoms with Gasteiger partial charge in [-0.3, -0.25) is 0 Å². The van der Waals surface area contributed by atoms with E-state index in [1.54, 1.807) is 0 Å². The molecule has 0 heterocycles. The monoisotopic (exact) mass is 327 g/mol. The Morgan fingerprint density at radius 3 is 2.19 bits per heavy atom. The van der Waals surface area contributed by atoms with E-state index in [1.165, 1.54) is 32.1 Å². The minimum Gasteiger partial charge on any atom is -0.316 e. The SMILES string of the molecule is CNC(Cc1c(Cl)cccc1Cl)C1(CC(C)C)CCCC1. The van der Waals surface area contributed by atoms with E-state index in [1.807, 2.05) is 18.2 Å². The highest BCUT2D eigenvalue weighted by atomic mass is 35.5. The third-order valence-electron chi connectivity index (χ3n) is 4.97. The van der Waals surface area contributed by atoms with Crippen molar-refractivity contribution in [2.24, 2.45) is 11.3 Å². The second-order valence-electron chi connectivity index (χ2n) is 6.91. The highest BCUT2D eigenvalue weighted by Crippen LogP contribution is 2.47. The van der Waals surface area contributed by atoms with Gasteiger partial charge in [0.15, 0.2) is 0 Å². The maximum Gasteiger partial charge on any atom is 0.0453 e. The minimum absolute atomic E-state index is 0.394. The van der Waals surface area contributed by atoms with Crippen LogP contribution in [-0.4, -0.2) is 13.1 Å². The van der Waals surface area contributed by atoms with Crippen LogP contribution in [0.25, 0.3) is 0 Å². The fourth-order valence-corrected chi connectivity index (χ4v) is 4.69. The van der Waals surface area contributed by atoms with Gasteiger partial charge in [-0.1, -0.05) is 56.0 Å². The van der Waals surface area contributed by atoms with Gasteiger partial charge in [0.05, 0.1) is 0 Å². The van der Waals surface area contributed by atoms with Crippen LogP contribution in [0, 0.1) is 11.3 Å². The molecule has 3 heteroatoms. The Morgan fingerprint density at radius 2 is 1.71 bits per heavy atom. The molecule has 1 aliphatic carbocycles. The summed E-state index contributed by atoms with van der Waals surface area (Å²) in [7, 11) is 2.08. The normalized spacial score (nSPS) is 19.1. The molecule has 1 atom stereocenters. The van der Waals surface area contributed by atoms with E-state index in [-0.39, 0.29) is 0 Å². The van der Waals surface area contributed by atoms with Crippen LogP contribution in [0.2, 0.25) is 10.0 Å². The third-order valence-corrected chi connectivity index (χ3v) is 5.68. The van der Waals surface area contributed by atoms with Gasteiger partial charge in [0, 0.05) is 16.1 Å². The molecular formula is C18H27Cl2N. The molecule has 0 spiro atoms. The molecule has 1 nitrogen and oxygen atoms in total. The van der Waals surface area contributed by atoms with Crippen molar-refractivity contribution in [3.05, 3.63) is 33.8 Å². The first-order valence-electron chi connectivity index (χ1n) is 8.08. The molecule has 1 unspecified atom stereocenters. The van der Waals surface area contributed by atoms with Crippen LogP contribution in [0.3, 0.4) is 0 Å². The summed E-state index contributed by atoms with van der Waals surface area (Å²) >= 11 is 12.8. The second kappa shape index (κ2) is 7.35. The van der Waals surface area contributed by atoms with Crippen molar-refractivity contribution in [3.63, 3.8) is 0 Å². The molecule has 1 aliphatic rings. The second-order valence-corrected chi connectivity index (χ2v) is 7.73. The number of halogens is 2. The van der Waals surface area contributed by atoms with Gasteiger partial charge in [-0.25, -0.2) is 0 Å². The summed E-state index contributed by atoms with van der Waals surface area (Å²) in [6.45, 7) is 4.66. The van der Waals surface area contributed by atoms with Crippen LogP contribution >= 0.6 is 23.2 Å². The Kier molecular flexibility index (Phi) is 5.99. The lowest BCUT2D eigenvalue weighted by molar-refractivity contribution is 0.160. The summed E-state index contributed by atoms with van der Waals surface area (Å²) in [5.74, 6) is 0.723. The predicted molar refractivity (Wildman–Crippen MR) is 93.4 cm³/mol. The topological polar surface area (TPSA) is 12.0 Å². The van der Waals surface area contributed by atoms with E-state index in [4.69, 9.17) is 23.2 Å². The highest BCUT2D eigenvalue weighted by molar-refractivity contribution is 6.36. The van der Waals surface area contributed by atoms with Crippen molar-refractivity contribution in [1.29, 1.82) is 0 Å². The van der Waals surface area contributed by atoms with Crippen LogP contribution < -0.4 is 5.32 Å². The number of hydrogen-bond acceptors (Lipinski definition) is 1. The van der Waals surface area contributed by atoms with Crippen molar-refractivity contribution < 1.29 is 0 Å². The molecule has 0 amide bonds. The number of nitrogens with one attached hydrogen (secondary N) is 1. The van der Waals surface area contributed by atoms with E-state index in [9.17, 15) is 0 Å². The van der Waals surface area contributed by atoms with Gasteiger partial charge in [0.25, 0.3) is 0 Å². The van der Waals surface area contributed by atoms with E-state index in [0.29, 0.717) is 11.5 Å². The van der Waals surface area contributed by atoms with Gasteiger partial charge in [-0.2, -0.15) is 0 Å². The molecule has 21 heavy (non-hydrogen) atoms. The van der Waals surface area contributed by atoms with Gasteiger partial charge in [0.1, 0.15) is 0 Å². The molecule has 118 valence electrons. The molecule has 0 aromatic heterocycles. The molecular weight excluding hydrogens is 301 g/mol. The number of rotatable bonds is 6. The van der Waals surface area contributed by atoms with Crippen molar-refractivity contribution in [2.75, 3.05) is 7.05 Å². The largest absolute Gasteiger partial charge is 0.316 e. The molecule has 1 aromatic rings. The standard InChI is InChI=1S/C18H27Cl2N/c1-13(2)12-18(9-4-5-10-18)17(21-3)11-14-15(19)7-6-8-16(14)20/h6-8,13,17,21H,4-5,9-12H2,1-3H3. The number of likely N-dealkylation sites (N-methyl/N-ethyl adjacent to an activating group) is 1. The highest BCUT2D eigenvalue weighted by Gasteiger charge is 2.41. The Balaban J connectivity index is 2.25. The Morgan fingerprint density at radius 1 is 1.14 bits per heavy atom. The molecule has 0 bridgehead atoms. The van der Waals surface area contributed by atoms with E-state index in [0.717, 1.165) is 27.9 Å². The van der Waals surface area contributed by atoms with Crippen molar-refractivity contribution in [1.82, 2.24) is 5.32 Å². The Hall–Kier alpha value is -0.240. The maximum absolute atomic E-state index is 6.38. The van der Waals surface area contributed by atoms with Crippen LogP contribution in [0.5, 0.6) is 0 Å². The first-order valence-corrected chi connectivity index (χ1v) is 8.84. The molecule has 1 saturated carbocycles. The Labute approximate surface area is 139 Å². The molecule has 0 aliphatic heterocycles. The lowest BCUT2D eigenvalue weighted by Crippen LogP contribution is -2.44. The summed E-state index contributed by atoms with van der Waals surface area (Å²) in [5.41, 5.74) is 1.49. The zero-order chi connectivity index (χ0) is 15.5. The van der Waals surface area contributed by atoms with Gasteiger partial charge >= 0.3 is 0 Å². The van der Waals surface area contributed by atoms with Crippen molar-refractivity contribution in [2.45, 2.75) is 58.4 Å². The van der Waals surface area contributed by atoms with Crippen molar-refractivity contribution >= 4 is 23.2 Å². The average molecular weight is 328 g/mol. The minimum atomic E-state index is 0.394. The van der Waals surface area contributed by atoms with Crippen LogP contribution in [0.1, 0.15) is 51.5 Å². The smallest absolute Gasteiger partial charge is 0.0453 e. The Bertz CT molecular complexity index is 444. The fourth-order valence-electron chi connectivity index (χ4n) is 4.14. The number of benzene rings is 1. The van der Waals surface area contributed by atoms with Crippen LogP contribution in [0.4, 0.5) is 0 Å². The molecule has 1 fully saturated rings. The maximum atomic E-state index is 6.38. The van der Waals surface area contributed by atoms with Crippen molar-refractivity contribution in [3.8, 4) is 0 Å². The quantitative estimate of drug-likeness (QED) is 0.703. The van der Waals surface area contributed by atoms with E-state index >= 15 is 0 Å². The first kappa shape index (κ1) is 17.1. The first-order chi connectivity index (χ1) is 9.98. The lowest BCUT2D eigenvalue weighted by Gasteiger charge is -2.39. The summed E-state index contributed by atoms with van der Waals surface area (Å²) < 4.78 is 0. The average Bonchev–Trinajstić information content (AvgIpc) is 2.87. The molecule has 0 radical (unpaired) electrons. The zero-order valence-corrected chi connectivity index (χ0v) is 14.9. The third kappa shape index (κ3) is 3.94. The number of hydrogen-bond donors (Lipinski definition) is 1. The fraction of sp³-hybridized carbons (Fsp3) is 0.667. The van der Waals surface area contributed by atoms with Gasteiger partial charge in [-0.15, -0.1) is 0 Å².